The van der Waals surface area contributed by atoms with Gasteiger partial charge in [0, 0.05) is 17.1 Å². The molecule has 2 heteroatoms. The lowest BCUT2D eigenvalue weighted by Crippen LogP contribution is -1.92. The summed E-state index contributed by atoms with van der Waals surface area (Å²) in [4.78, 5) is 15.7. The van der Waals surface area contributed by atoms with Gasteiger partial charge < -0.3 is 0 Å². The Hall–Kier alpha value is -3.26. The lowest BCUT2D eigenvalue weighted by atomic mass is 9.96. The largest absolute Gasteiger partial charge is 0.298 e. The van der Waals surface area contributed by atoms with Gasteiger partial charge in [0.25, 0.3) is 0 Å². The molecule has 0 radical (unpaired) electrons. The summed E-state index contributed by atoms with van der Waals surface area (Å²) < 4.78 is 0. The number of aryl methyl sites for hydroxylation is 2. The van der Waals surface area contributed by atoms with E-state index in [0.29, 0.717) is 5.56 Å². The first-order chi connectivity index (χ1) is 13.3. The molecule has 0 fully saturated rings. The minimum absolute atomic E-state index is 0.631. The van der Waals surface area contributed by atoms with Crippen molar-refractivity contribution in [1.82, 2.24) is 4.98 Å². The monoisotopic (exact) mass is 351 g/mol. The van der Waals surface area contributed by atoms with Gasteiger partial charge in [0.15, 0.2) is 6.29 Å². The molecule has 3 aromatic carbocycles. The van der Waals surface area contributed by atoms with Gasteiger partial charge in [-0.1, -0.05) is 66.7 Å². The van der Waals surface area contributed by atoms with Gasteiger partial charge in [-0.2, -0.15) is 0 Å². The highest BCUT2D eigenvalue weighted by molar-refractivity contribution is 6.03. The fourth-order valence-electron chi connectivity index (χ4n) is 3.53. The molecule has 1 heterocycles. The van der Waals surface area contributed by atoms with Gasteiger partial charge in [-0.15, -0.1) is 0 Å². The Bertz CT molecular complexity index is 1050. The van der Waals surface area contributed by atoms with Crippen molar-refractivity contribution < 1.29 is 4.79 Å². The average Bonchev–Trinajstić information content (AvgIpc) is 2.74. The van der Waals surface area contributed by atoms with Crippen LogP contribution in [0.15, 0.2) is 85.1 Å². The van der Waals surface area contributed by atoms with Crippen LogP contribution in [-0.2, 0) is 12.8 Å². The third-order valence-corrected chi connectivity index (χ3v) is 4.97. The van der Waals surface area contributed by atoms with Gasteiger partial charge in [0.1, 0.15) is 0 Å². The molecule has 0 spiro atoms. The summed E-state index contributed by atoms with van der Waals surface area (Å²) in [5.41, 5.74) is 6.39. The van der Waals surface area contributed by atoms with Crippen LogP contribution in [0.25, 0.3) is 22.0 Å². The van der Waals surface area contributed by atoms with Crippen molar-refractivity contribution in [3.8, 4) is 11.1 Å². The van der Waals surface area contributed by atoms with E-state index in [-0.39, 0.29) is 0 Å². The number of hydrogen-bond acceptors (Lipinski definition) is 2. The molecule has 4 aromatic rings. The van der Waals surface area contributed by atoms with Crippen molar-refractivity contribution >= 4 is 17.2 Å². The number of hydrogen-bond donors (Lipinski definition) is 0. The van der Waals surface area contributed by atoms with Gasteiger partial charge in [-0.25, -0.2) is 0 Å². The molecule has 0 amide bonds. The molecule has 1 aromatic heterocycles. The van der Waals surface area contributed by atoms with Crippen LogP contribution in [0, 0.1) is 0 Å². The summed E-state index contributed by atoms with van der Waals surface area (Å²) in [6.07, 6.45) is 5.92. The van der Waals surface area contributed by atoms with Gasteiger partial charge >= 0.3 is 0 Å². The van der Waals surface area contributed by atoms with E-state index in [1.807, 2.05) is 24.3 Å². The lowest BCUT2D eigenvalue weighted by molar-refractivity contribution is 0.112. The third-order valence-electron chi connectivity index (χ3n) is 4.97. The number of carbonyl (C=O) groups excluding carboxylic acids is 1. The maximum atomic E-state index is 11.3. The van der Waals surface area contributed by atoms with Crippen LogP contribution in [0.4, 0.5) is 0 Å². The van der Waals surface area contributed by atoms with Crippen LogP contribution >= 0.6 is 0 Å². The minimum atomic E-state index is 0.631. The predicted molar refractivity (Wildman–Crippen MR) is 111 cm³/mol. The van der Waals surface area contributed by atoms with Crippen molar-refractivity contribution in [2.24, 2.45) is 0 Å². The normalized spacial score (nSPS) is 10.8. The van der Waals surface area contributed by atoms with Crippen LogP contribution in [0.2, 0.25) is 0 Å². The van der Waals surface area contributed by atoms with Gasteiger partial charge in [0.2, 0.25) is 0 Å². The number of benzene rings is 3. The van der Waals surface area contributed by atoms with E-state index in [9.17, 15) is 4.79 Å². The molecule has 0 atom stereocenters. The molecule has 0 saturated carbocycles. The first-order valence-corrected chi connectivity index (χ1v) is 9.31. The van der Waals surface area contributed by atoms with E-state index in [2.05, 4.69) is 59.6 Å². The molecule has 0 bridgehead atoms. The number of fused-ring (bicyclic) bond motifs is 1. The summed E-state index contributed by atoms with van der Waals surface area (Å²) >= 11 is 0. The smallest absolute Gasteiger partial charge is 0.152 e. The van der Waals surface area contributed by atoms with Gasteiger partial charge in [-0.3, -0.25) is 9.78 Å². The minimum Gasteiger partial charge on any atom is -0.298 e. The summed E-state index contributed by atoms with van der Waals surface area (Å²) in [6.45, 7) is 0. The van der Waals surface area contributed by atoms with Gasteiger partial charge in [0.05, 0.1) is 5.52 Å². The van der Waals surface area contributed by atoms with Crippen LogP contribution < -0.4 is 0 Å². The van der Waals surface area contributed by atoms with Crippen molar-refractivity contribution in [2.45, 2.75) is 19.3 Å². The van der Waals surface area contributed by atoms with E-state index in [0.717, 1.165) is 47.6 Å². The summed E-state index contributed by atoms with van der Waals surface area (Å²) in [6, 6.07) is 27.2. The zero-order valence-corrected chi connectivity index (χ0v) is 15.1. The summed E-state index contributed by atoms with van der Waals surface area (Å²) in [5.74, 6) is 0. The molecule has 0 N–H and O–H groups in total. The van der Waals surface area contributed by atoms with Crippen LogP contribution in [0.3, 0.4) is 0 Å². The Balaban J connectivity index is 1.52. The fourth-order valence-corrected chi connectivity index (χ4v) is 3.53. The van der Waals surface area contributed by atoms with E-state index in [1.54, 1.807) is 6.20 Å². The molecule has 0 unspecified atom stereocenters. The molecule has 0 aliphatic rings. The standard InChI is InChI=1S/C25H21NO/c27-18-22-15-16-23(24-10-5-17-26-25(22)24)21-13-11-20(12-14-21)9-4-8-19-6-2-1-3-7-19/h1-3,5-7,10-18H,4,8-9H2. The Labute approximate surface area is 159 Å². The molecular formula is C25H21NO. The maximum Gasteiger partial charge on any atom is 0.152 e. The van der Waals surface area contributed by atoms with Crippen molar-refractivity contribution in [3.05, 3.63) is 102 Å². The summed E-state index contributed by atoms with van der Waals surface area (Å²) in [7, 11) is 0. The highest BCUT2D eigenvalue weighted by Gasteiger charge is 2.08. The topological polar surface area (TPSA) is 30.0 Å². The Morgan fingerprint density at radius 3 is 2.22 bits per heavy atom. The summed E-state index contributed by atoms with van der Waals surface area (Å²) in [5, 5.41) is 1.01. The first-order valence-electron chi connectivity index (χ1n) is 9.31. The highest BCUT2D eigenvalue weighted by Crippen LogP contribution is 2.29. The van der Waals surface area contributed by atoms with E-state index < -0.39 is 0 Å². The second kappa shape index (κ2) is 7.96. The number of pyridine rings is 1. The van der Waals surface area contributed by atoms with E-state index in [4.69, 9.17) is 0 Å². The van der Waals surface area contributed by atoms with Crippen molar-refractivity contribution in [2.75, 3.05) is 0 Å². The zero-order chi connectivity index (χ0) is 18.5. The van der Waals surface area contributed by atoms with Crippen LogP contribution in [-0.4, -0.2) is 11.3 Å². The van der Waals surface area contributed by atoms with Crippen molar-refractivity contribution in [3.63, 3.8) is 0 Å². The number of carbonyl (C=O) groups is 1. The maximum absolute atomic E-state index is 11.3. The predicted octanol–water partition coefficient (Wildman–Crippen LogP) is 5.89. The second-order valence-corrected chi connectivity index (χ2v) is 6.76. The SMILES string of the molecule is O=Cc1ccc(-c2ccc(CCCc3ccccc3)cc2)c2cccnc12. The lowest BCUT2D eigenvalue weighted by Gasteiger charge is -2.09. The first kappa shape index (κ1) is 17.2. The molecular weight excluding hydrogens is 330 g/mol. The third kappa shape index (κ3) is 3.80. The zero-order valence-electron chi connectivity index (χ0n) is 15.1. The average molecular weight is 351 g/mol. The molecule has 132 valence electrons. The van der Waals surface area contributed by atoms with Crippen LogP contribution in [0.5, 0.6) is 0 Å². The number of aldehydes is 1. The van der Waals surface area contributed by atoms with Gasteiger partial charge in [-0.05, 0) is 53.6 Å². The van der Waals surface area contributed by atoms with Crippen LogP contribution in [0.1, 0.15) is 27.9 Å². The Morgan fingerprint density at radius 1 is 0.741 bits per heavy atom. The quantitative estimate of drug-likeness (QED) is 0.405. The molecule has 0 aliphatic heterocycles. The van der Waals surface area contributed by atoms with Crippen molar-refractivity contribution in [1.29, 1.82) is 0 Å². The fraction of sp³-hybridized carbons (Fsp3) is 0.120. The molecule has 4 rings (SSSR count). The highest BCUT2D eigenvalue weighted by atomic mass is 16.1. The number of rotatable bonds is 6. The van der Waals surface area contributed by atoms with E-state index in [1.165, 1.54) is 11.1 Å². The number of nitrogens with zero attached hydrogens (tertiary/aromatic N) is 1. The number of aromatic nitrogens is 1. The molecule has 0 saturated heterocycles. The molecule has 2 nitrogen and oxygen atoms in total. The van der Waals surface area contributed by atoms with E-state index >= 15 is 0 Å². The molecule has 0 aliphatic carbocycles. The Kier molecular flexibility index (Phi) is 5.06. The Morgan fingerprint density at radius 2 is 1.48 bits per heavy atom. The second-order valence-electron chi connectivity index (χ2n) is 6.76. The molecule has 27 heavy (non-hydrogen) atoms.